The minimum Gasteiger partial charge on any atom is -0.393 e. The minimum atomic E-state index is -0.289. The molecule has 0 saturated heterocycles. The molecule has 2 unspecified atom stereocenters. The molecule has 1 rings (SSSR count). The fourth-order valence-corrected chi connectivity index (χ4v) is 2.46. The topological polar surface area (TPSA) is 32.3 Å². The predicted octanol–water partition coefficient (Wildman–Crippen LogP) is 3.66. The summed E-state index contributed by atoms with van der Waals surface area (Å²) in [6.45, 7) is 9.05. The Morgan fingerprint density at radius 3 is 2.32 bits per heavy atom. The molecule has 3 heteroatoms. The molecule has 108 valence electrons. The fourth-order valence-electron chi connectivity index (χ4n) is 2.46. The van der Waals surface area contributed by atoms with Crippen molar-refractivity contribution in [2.24, 2.45) is 5.41 Å². The van der Waals surface area contributed by atoms with E-state index >= 15 is 0 Å². The first-order valence-electron chi connectivity index (χ1n) is 7.01. The fraction of sp³-hybridized carbons (Fsp3) is 0.625. The quantitative estimate of drug-likeness (QED) is 0.790. The van der Waals surface area contributed by atoms with Gasteiger partial charge in [-0.05, 0) is 42.9 Å². The summed E-state index contributed by atoms with van der Waals surface area (Å²) in [6, 6.07) is 6.89. The van der Waals surface area contributed by atoms with Crippen molar-refractivity contribution in [2.45, 2.75) is 52.7 Å². The number of halogens is 1. The zero-order chi connectivity index (χ0) is 14.5. The van der Waals surface area contributed by atoms with Gasteiger partial charge < -0.3 is 10.4 Å². The van der Waals surface area contributed by atoms with E-state index in [1.807, 2.05) is 19.1 Å². The third-order valence-corrected chi connectivity index (χ3v) is 3.36. The van der Waals surface area contributed by atoms with Crippen LogP contribution in [0.25, 0.3) is 0 Å². The number of benzene rings is 1. The summed E-state index contributed by atoms with van der Waals surface area (Å²) >= 11 is 0. The van der Waals surface area contributed by atoms with E-state index in [0.29, 0.717) is 0 Å². The maximum Gasteiger partial charge on any atom is 0.123 e. The van der Waals surface area contributed by atoms with Crippen molar-refractivity contribution in [1.82, 2.24) is 5.32 Å². The number of nitrogens with one attached hydrogen (secondary N) is 1. The third kappa shape index (κ3) is 5.70. The Morgan fingerprint density at radius 1 is 1.26 bits per heavy atom. The second-order valence-electron chi connectivity index (χ2n) is 6.11. The highest BCUT2D eigenvalue weighted by Gasteiger charge is 2.21. The molecule has 2 N–H and O–H groups in total. The average molecular weight is 267 g/mol. The van der Waals surface area contributed by atoms with E-state index < -0.39 is 0 Å². The van der Waals surface area contributed by atoms with Crippen LogP contribution in [-0.4, -0.2) is 17.8 Å². The number of aliphatic hydroxyl groups excluding tert-OH is 1. The molecular formula is C16H26FNO. The van der Waals surface area contributed by atoms with Gasteiger partial charge in [-0.3, -0.25) is 0 Å². The number of rotatable bonds is 7. The van der Waals surface area contributed by atoms with Gasteiger partial charge in [0.1, 0.15) is 5.82 Å². The van der Waals surface area contributed by atoms with Crippen LogP contribution in [0.1, 0.15) is 52.1 Å². The Labute approximate surface area is 116 Å². The summed E-state index contributed by atoms with van der Waals surface area (Å²) in [5.41, 5.74) is 1.15. The van der Waals surface area contributed by atoms with Gasteiger partial charge in [-0.25, -0.2) is 4.39 Å². The first-order chi connectivity index (χ1) is 8.84. The second kappa shape index (κ2) is 7.01. The van der Waals surface area contributed by atoms with Crippen LogP contribution in [0, 0.1) is 11.2 Å². The van der Waals surface area contributed by atoms with E-state index in [4.69, 9.17) is 0 Å². The number of aliphatic hydroxyl groups is 1. The van der Waals surface area contributed by atoms with Gasteiger partial charge in [-0.1, -0.05) is 32.9 Å². The Hall–Kier alpha value is -0.930. The van der Waals surface area contributed by atoms with E-state index in [9.17, 15) is 9.50 Å². The van der Waals surface area contributed by atoms with Gasteiger partial charge in [0.25, 0.3) is 0 Å². The van der Waals surface area contributed by atoms with Gasteiger partial charge >= 0.3 is 0 Å². The van der Waals surface area contributed by atoms with Crippen molar-refractivity contribution in [3.05, 3.63) is 35.6 Å². The zero-order valence-corrected chi connectivity index (χ0v) is 12.4. The van der Waals surface area contributed by atoms with Crippen LogP contribution in [0.3, 0.4) is 0 Å². The van der Waals surface area contributed by atoms with E-state index in [2.05, 4.69) is 26.1 Å². The summed E-state index contributed by atoms with van der Waals surface area (Å²) in [5, 5.41) is 13.0. The molecule has 0 aliphatic carbocycles. The average Bonchev–Trinajstić information content (AvgIpc) is 2.30. The third-order valence-electron chi connectivity index (χ3n) is 3.36. The number of hydrogen-bond acceptors (Lipinski definition) is 2. The molecule has 0 aliphatic rings. The summed E-state index contributed by atoms with van der Waals surface area (Å²) in [7, 11) is 0. The molecule has 2 atom stereocenters. The lowest BCUT2D eigenvalue weighted by Crippen LogP contribution is -2.34. The largest absolute Gasteiger partial charge is 0.393 e. The predicted molar refractivity (Wildman–Crippen MR) is 77.5 cm³/mol. The Balaban J connectivity index is 2.60. The SMILES string of the molecule is CCC(NCC(C)(C)CC(C)O)c1ccc(F)cc1. The van der Waals surface area contributed by atoms with Gasteiger partial charge in [0.15, 0.2) is 0 Å². The van der Waals surface area contributed by atoms with Crippen molar-refractivity contribution in [3.8, 4) is 0 Å². The Kier molecular flexibility index (Phi) is 5.95. The van der Waals surface area contributed by atoms with Gasteiger partial charge in [-0.2, -0.15) is 0 Å². The molecular weight excluding hydrogens is 241 g/mol. The molecule has 0 saturated carbocycles. The summed E-state index contributed by atoms with van der Waals surface area (Å²) < 4.78 is 12.9. The standard InChI is InChI=1S/C16H26FNO/c1-5-15(13-6-8-14(17)9-7-13)18-11-16(3,4)10-12(2)19/h6-9,12,15,18-19H,5,10-11H2,1-4H3. The van der Waals surface area contributed by atoms with Gasteiger partial charge in [0.05, 0.1) is 6.10 Å². The molecule has 0 amide bonds. The highest BCUT2D eigenvalue weighted by Crippen LogP contribution is 2.24. The van der Waals surface area contributed by atoms with Crippen LogP contribution >= 0.6 is 0 Å². The normalized spacial score (nSPS) is 15.3. The smallest absolute Gasteiger partial charge is 0.123 e. The van der Waals surface area contributed by atoms with Crippen molar-refractivity contribution >= 4 is 0 Å². The van der Waals surface area contributed by atoms with Crippen LogP contribution < -0.4 is 5.32 Å². The molecule has 0 spiro atoms. The van der Waals surface area contributed by atoms with Crippen LogP contribution in [0.4, 0.5) is 4.39 Å². The van der Waals surface area contributed by atoms with E-state index in [-0.39, 0.29) is 23.4 Å². The van der Waals surface area contributed by atoms with E-state index in [1.165, 1.54) is 12.1 Å². The van der Waals surface area contributed by atoms with Crippen molar-refractivity contribution in [1.29, 1.82) is 0 Å². The molecule has 0 heterocycles. The van der Waals surface area contributed by atoms with E-state index in [0.717, 1.165) is 24.9 Å². The van der Waals surface area contributed by atoms with Gasteiger partial charge in [-0.15, -0.1) is 0 Å². The maximum absolute atomic E-state index is 12.9. The molecule has 19 heavy (non-hydrogen) atoms. The van der Waals surface area contributed by atoms with Crippen LogP contribution in [-0.2, 0) is 0 Å². The first kappa shape index (κ1) is 16.1. The summed E-state index contributed by atoms with van der Waals surface area (Å²) in [6.07, 6.45) is 1.43. The second-order valence-corrected chi connectivity index (χ2v) is 6.11. The Morgan fingerprint density at radius 2 is 1.84 bits per heavy atom. The zero-order valence-electron chi connectivity index (χ0n) is 12.4. The Bertz CT molecular complexity index is 373. The summed E-state index contributed by atoms with van der Waals surface area (Å²) in [4.78, 5) is 0. The molecule has 0 radical (unpaired) electrons. The minimum absolute atomic E-state index is 0.0433. The van der Waals surface area contributed by atoms with Crippen molar-refractivity contribution in [2.75, 3.05) is 6.54 Å². The molecule has 0 bridgehead atoms. The lowest BCUT2D eigenvalue weighted by molar-refractivity contribution is 0.126. The van der Waals surface area contributed by atoms with Gasteiger partial charge in [0.2, 0.25) is 0 Å². The number of hydrogen-bond donors (Lipinski definition) is 2. The molecule has 0 aromatic heterocycles. The lowest BCUT2D eigenvalue weighted by atomic mass is 9.86. The van der Waals surface area contributed by atoms with Crippen molar-refractivity contribution < 1.29 is 9.50 Å². The van der Waals surface area contributed by atoms with Crippen LogP contribution in [0.5, 0.6) is 0 Å². The first-order valence-corrected chi connectivity index (χ1v) is 7.01. The van der Waals surface area contributed by atoms with Gasteiger partial charge in [0, 0.05) is 12.6 Å². The van der Waals surface area contributed by atoms with Crippen LogP contribution in [0.15, 0.2) is 24.3 Å². The highest BCUT2D eigenvalue weighted by molar-refractivity contribution is 5.19. The lowest BCUT2D eigenvalue weighted by Gasteiger charge is -2.29. The summed E-state index contributed by atoms with van der Waals surface area (Å²) in [5.74, 6) is -0.201. The molecule has 0 aliphatic heterocycles. The molecule has 0 fully saturated rings. The molecule has 2 nitrogen and oxygen atoms in total. The van der Waals surface area contributed by atoms with Crippen molar-refractivity contribution in [3.63, 3.8) is 0 Å². The van der Waals surface area contributed by atoms with E-state index in [1.54, 1.807) is 0 Å². The van der Waals surface area contributed by atoms with Crippen LogP contribution in [0.2, 0.25) is 0 Å². The molecule has 1 aromatic carbocycles. The highest BCUT2D eigenvalue weighted by atomic mass is 19.1. The monoisotopic (exact) mass is 267 g/mol. The molecule has 1 aromatic rings. The maximum atomic E-state index is 12.9.